The smallest absolute Gasteiger partial charge is 0.210 e. The molecule has 0 heterocycles. The van der Waals surface area contributed by atoms with Gasteiger partial charge in [-0.15, -0.1) is 0 Å². The Bertz CT molecular complexity index is 226. The van der Waals surface area contributed by atoms with E-state index in [-0.39, 0.29) is 0 Å². The fraction of sp³-hybridized carbons (Fsp3) is 0.556. The maximum atomic E-state index is 12.6. The van der Waals surface area contributed by atoms with E-state index in [4.69, 9.17) is 0 Å². The van der Waals surface area contributed by atoms with Crippen LogP contribution in [0.15, 0.2) is 24.1 Å². The van der Waals surface area contributed by atoms with Gasteiger partial charge >= 0.3 is 0 Å². The first-order valence-corrected chi connectivity index (χ1v) is 3.78. The second kappa shape index (κ2) is 2.96. The van der Waals surface area contributed by atoms with Crippen molar-refractivity contribution in [1.29, 1.82) is 0 Å². The molecular weight excluding hydrogens is 165 g/mol. The summed E-state index contributed by atoms with van der Waals surface area (Å²) in [6, 6.07) is 0. The average molecular weight is 176 g/mol. The summed E-state index contributed by atoms with van der Waals surface area (Å²) >= 11 is 0. The first-order valence-electron chi connectivity index (χ1n) is 3.78. The molecule has 0 N–H and O–H groups in total. The van der Waals surface area contributed by atoms with Crippen molar-refractivity contribution in [2.75, 3.05) is 0 Å². The van der Waals surface area contributed by atoms with E-state index >= 15 is 0 Å². The van der Waals surface area contributed by atoms with Crippen molar-refractivity contribution in [2.24, 2.45) is 11.3 Å². The minimum absolute atomic E-state index is 0.433. The zero-order valence-corrected chi connectivity index (χ0v) is 7.02. The van der Waals surface area contributed by atoms with Crippen molar-refractivity contribution < 1.29 is 13.2 Å². The lowest BCUT2D eigenvalue weighted by Crippen LogP contribution is -2.28. The molecule has 0 amide bonds. The van der Waals surface area contributed by atoms with E-state index in [0.717, 1.165) is 6.08 Å². The average Bonchev–Trinajstić information content (AvgIpc) is 1.82. The Morgan fingerprint density at radius 1 is 1.42 bits per heavy atom. The maximum absolute atomic E-state index is 12.6. The predicted octanol–water partition coefficient (Wildman–Crippen LogP) is 3.32. The van der Waals surface area contributed by atoms with Crippen LogP contribution in [0.1, 0.15) is 13.8 Å². The summed E-state index contributed by atoms with van der Waals surface area (Å²) in [4.78, 5) is 0. The fourth-order valence-electron chi connectivity index (χ4n) is 1.35. The Kier molecular flexibility index (Phi) is 2.31. The number of hydrogen-bond acceptors (Lipinski definition) is 0. The summed E-state index contributed by atoms with van der Waals surface area (Å²) < 4.78 is 37.3. The van der Waals surface area contributed by atoms with Crippen LogP contribution in [0, 0.1) is 11.3 Å². The molecule has 0 nitrogen and oxygen atoms in total. The number of hydrogen-bond donors (Lipinski definition) is 0. The lowest BCUT2D eigenvalue weighted by molar-refractivity contribution is 0.0532. The van der Waals surface area contributed by atoms with E-state index in [2.05, 4.69) is 0 Å². The highest BCUT2D eigenvalue weighted by molar-refractivity contribution is 5.23. The summed E-state index contributed by atoms with van der Waals surface area (Å²) in [5, 5.41) is 0. The molecule has 0 aromatic rings. The second-order valence-electron chi connectivity index (χ2n) is 3.57. The first-order chi connectivity index (χ1) is 5.43. The molecule has 0 aromatic carbocycles. The van der Waals surface area contributed by atoms with E-state index < -0.39 is 23.6 Å². The van der Waals surface area contributed by atoms with Gasteiger partial charge < -0.3 is 0 Å². The maximum Gasteiger partial charge on any atom is 0.245 e. The Morgan fingerprint density at radius 2 is 2.00 bits per heavy atom. The Balaban J connectivity index is 2.89. The zero-order chi connectivity index (χ0) is 9.35. The van der Waals surface area contributed by atoms with Crippen LogP contribution in [0.2, 0.25) is 0 Å². The van der Waals surface area contributed by atoms with Gasteiger partial charge in [-0.25, -0.2) is 13.2 Å². The molecule has 0 aromatic heterocycles. The third kappa shape index (κ3) is 1.71. The van der Waals surface area contributed by atoms with Crippen LogP contribution >= 0.6 is 0 Å². The third-order valence-electron chi connectivity index (χ3n) is 2.10. The molecule has 0 spiro atoms. The fourth-order valence-corrected chi connectivity index (χ4v) is 1.35. The van der Waals surface area contributed by atoms with E-state index in [1.54, 1.807) is 13.8 Å². The summed E-state index contributed by atoms with van der Waals surface area (Å²) in [6.45, 7) is 3.21. The van der Waals surface area contributed by atoms with Gasteiger partial charge in [-0.3, -0.25) is 0 Å². The number of alkyl halides is 2. The van der Waals surface area contributed by atoms with Crippen molar-refractivity contribution in [1.82, 2.24) is 0 Å². The highest BCUT2D eigenvalue weighted by Gasteiger charge is 2.35. The van der Waals surface area contributed by atoms with Crippen LogP contribution in [0.5, 0.6) is 0 Å². The van der Waals surface area contributed by atoms with Crippen molar-refractivity contribution in [2.45, 2.75) is 20.3 Å². The van der Waals surface area contributed by atoms with Gasteiger partial charge in [-0.1, -0.05) is 19.9 Å². The molecule has 68 valence electrons. The molecule has 12 heavy (non-hydrogen) atoms. The van der Waals surface area contributed by atoms with E-state index in [1.165, 1.54) is 12.2 Å². The number of allylic oxidation sites excluding steroid dienone is 4. The Hall–Kier alpha value is -0.730. The van der Waals surface area contributed by atoms with Crippen LogP contribution in [0.3, 0.4) is 0 Å². The Morgan fingerprint density at radius 3 is 2.42 bits per heavy atom. The van der Waals surface area contributed by atoms with Gasteiger partial charge in [0.15, 0.2) is 0 Å². The molecule has 0 bridgehead atoms. The van der Waals surface area contributed by atoms with Crippen LogP contribution in [0.4, 0.5) is 13.2 Å². The minimum atomic E-state index is -2.43. The lowest BCUT2D eigenvalue weighted by atomic mass is 9.76. The molecule has 1 aliphatic carbocycles. The van der Waals surface area contributed by atoms with Gasteiger partial charge in [-0.05, 0) is 17.6 Å². The largest absolute Gasteiger partial charge is 0.245 e. The summed E-state index contributed by atoms with van der Waals surface area (Å²) in [7, 11) is 0. The molecule has 0 fully saturated rings. The predicted molar refractivity (Wildman–Crippen MR) is 41.6 cm³/mol. The highest BCUT2D eigenvalue weighted by atomic mass is 19.3. The SMILES string of the molecule is CC1(C)C=C(F)C=CC1C(F)F. The van der Waals surface area contributed by atoms with Gasteiger partial charge in [0.2, 0.25) is 6.43 Å². The summed E-state index contributed by atoms with van der Waals surface area (Å²) in [5.74, 6) is -1.31. The van der Waals surface area contributed by atoms with Crippen molar-refractivity contribution in [3.05, 3.63) is 24.1 Å². The number of halogens is 3. The molecule has 1 aliphatic rings. The van der Waals surface area contributed by atoms with E-state index in [0.29, 0.717) is 0 Å². The molecule has 3 heteroatoms. The molecule has 0 saturated carbocycles. The van der Waals surface area contributed by atoms with Crippen molar-refractivity contribution in [3.63, 3.8) is 0 Å². The van der Waals surface area contributed by atoms with Crippen LogP contribution in [-0.2, 0) is 0 Å². The topological polar surface area (TPSA) is 0 Å². The lowest BCUT2D eigenvalue weighted by Gasteiger charge is -2.30. The molecule has 1 atom stereocenters. The molecule has 0 aliphatic heterocycles. The monoisotopic (exact) mass is 176 g/mol. The van der Waals surface area contributed by atoms with Crippen LogP contribution in [-0.4, -0.2) is 6.43 Å². The van der Waals surface area contributed by atoms with Gasteiger partial charge in [0, 0.05) is 5.92 Å². The van der Waals surface area contributed by atoms with Crippen molar-refractivity contribution >= 4 is 0 Å². The molecule has 1 unspecified atom stereocenters. The second-order valence-corrected chi connectivity index (χ2v) is 3.57. The molecule has 0 radical (unpaired) electrons. The van der Waals surface area contributed by atoms with Crippen LogP contribution in [0.25, 0.3) is 0 Å². The van der Waals surface area contributed by atoms with Crippen molar-refractivity contribution in [3.8, 4) is 0 Å². The first kappa shape index (κ1) is 9.36. The Labute approximate surface area is 69.8 Å². The van der Waals surface area contributed by atoms with E-state index in [1.807, 2.05) is 0 Å². The zero-order valence-electron chi connectivity index (χ0n) is 7.02. The normalized spacial score (nSPS) is 27.5. The molecule has 0 saturated heterocycles. The van der Waals surface area contributed by atoms with Gasteiger partial charge in [0.1, 0.15) is 5.83 Å². The van der Waals surface area contributed by atoms with Gasteiger partial charge in [-0.2, -0.15) is 0 Å². The summed E-state index contributed by atoms with van der Waals surface area (Å²) in [5.41, 5.74) is -0.785. The summed E-state index contributed by atoms with van der Waals surface area (Å²) in [6.07, 6.45) is 1.15. The number of rotatable bonds is 1. The molecular formula is C9H11F3. The standard InChI is InChI=1S/C9H11F3/c1-9(2)5-6(10)3-4-7(9)8(11)12/h3-5,7-8H,1-2H3. The quantitative estimate of drug-likeness (QED) is 0.575. The minimum Gasteiger partial charge on any atom is -0.210 e. The van der Waals surface area contributed by atoms with Gasteiger partial charge in [0.05, 0.1) is 0 Å². The third-order valence-corrected chi connectivity index (χ3v) is 2.10. The van der Waals surface area contributed by atoms with E-state index in [9.17, 15) is 13.2 Å². The highest BCUT2D eigenvalue weighted by Crippen LogP contribution is 2.38. The van der Waals surface area contributed by atoms with Crippen LogP contribution < -0.4 is 0 Å². The van der Waals surface area contributed by atoms with Gasteiger partial charge in [0.25, 0.3) is 0 Å². The molecule has 1 rings (SSSR count).